The van der Waals surface area contributed by atoms with Gasteiger partial charge in [-0.3, -0.25) is 0 Å². The normalized spacial score (nSPS) is 9.88. The van der Waals surface area contributed by atoms with Crippen LogP contribution in [0.5, 0.6) is 0 Å². The van der Waals surface area contributed by atoms with Crippen molar-refractivity contribution >= 4 is 28.2 Å². The van der Waals surface area contributed by atoms with Crippen molar-refractivity contribution in [2.24, 2.45) is 0 Å². The number of aldehydes is 1. The Kier molecular flexibility index (Phi) is 5.19. The number of rotatable bonds is 5. The minimum atomic E-state index is -0.358. The van der Waals surface area contributed by atoms with E-state index < -0.39 is 0 Å². The standard InChI is InChI=1S/C12H13BrO3/c1-16-12(15)11-7-9(8-13)4-5-10(11)3-2-6-14/h4-7H,2-3,8H2,1H3. The zero-order valence-corrected chi connectivity index (χ0v) is 10.6. The van der Waals surface area contributed by atoms with Crippen LogP contribution in [0.2, 0.25) is 0 Å². The van der Waals surface area contributed by atoms with Gasteiger partial charge in [-0.1, -0.05) is 28.1 Å². The van der Waals surface area contributed by atoms with Crippen LogP contribution < -0.4 is 0 Å². The van der Waals surface area contributed by atoms with Crippen LogP contribution in [-0.2, 0) is 21.3 Å². The van der Waals surface area contributed by atoms with Crippen LogP contribution in [0.15, 0.2) is 18.2 Å². The third kappa shape index (κ3) is 3.17. The van der Waals surface area contributed by atoms with Crippen molar-refractivity contribution < 1.29 is 14.3 Å². The topological polar surface area (TPSA) is 43.4 Å². The summed E-state index contributed by atoms with van der Waals surface area (Å²) in [4.78, 5) is 21.9. The summed E-state index contributed by atoms with van der Waals surface area (Å²) in [5, 5.41) is 0.685. The smallest absolute Gasteiger partial charge is 0.338 e. The second-order valence-corrected chi connectivity index (χ2v) is 3.88. The molecule has 0 unspecified atom stereocenters. The highest BCUT2D eigenvalue weighted by atomic mass is 79.9. The van der Waals surface area contributed by atoms with Crippen molar-refractivity contribution in [3.63, 3.8) is 0 Å². The van der Waals surface area contributed by atoms with E-state index in [4.69, 9.17) is 4.74 Å². The molecule has 0 fully saturated rings. The Morgan fingerprint density at radius 2 is 2.25 bits per heavy atom. The summed E-state index contributed by atoms with van der Waals surface area (Å²) in [6, 6.07) is 5.59. The van der Waals surface area contributed by atoms with E-state index in [0.717, 1.165) is 17.4 Å². The fourth-order valence-corrected chi connectivity index (χ4v) is 1.79. The number of methoxy groups -OCH3 is 1. The monoisotopic (exact) mass is 284 g/mol. The molecule has 0 saturated heterocycles. The van der Waals surface area contributed by atoms with Gasteiger partial charge in [-0.15, -0.1) is 0 Å². The second-order valence-electron chi connectivity index (χ2n) is 3.32. The van der Waals surface area contributed by atoms with Gasteiger partial charge in [-0.25, -0.2) is 4.79 Å². The predicted molar refractivity (Wildman–Crippen MR) is 64.8 cm³/mol. The third-order valence-corrected chi connectivity index (χ3v) is 2.91. The molecular formula is C12H13BrO3. The van der Waals surface area contributed by atoms with E-state index in [1.165, 1.54) is 7.11 Å². The van der Waals surface area contributed by atoms with Gasteiger partial charge < -0.3 is 9.53 Å². The van der Waals surface area contributed by atoms with Crippen molar-refractivity contribution in [2.75, 3.05) is 7.11 Å². The van der Waals surface area contributed by atoms with E-state index >= 15 is 0 Å². The summed E-state index contributed by atoms with van der Waals surface area (Å²) >= 11 is 3.33. The average Bonchev–Trinajstić information content (AvgIpc) is 2.35. The zero-order valence-electron chi connectivity index (χ0n) is 9.03. The number of benzene rings is 1. The number of carbonyl (C=O) groups excluding carboxylic acids is 2. The Morgan fingerprint density at radius 1 is 1.50 bits per heavy atom. The molecule has 0 aliphatic rings. The molecule has 86 valence electrons. The summed E-state index contributed by atoms with van der Waals surface area (Å²) in [6.45, 7) is 0. The number of halogens is 1. The summed E-state index contributed by atoms with van der Waals surface area (Å²) in [5.41, 5.74) is 2.40. The number of alkyl halides is 1. The number of ether oxygens (including phenoxy) is 1. The van der Waals surface area contributed by atoms with Crippen molar-refractivity contribution in [3.05, 3.63) is 34.9 Å². The summed E-state index contributed by atoms with van der Waals surface area (Å²) in [5.74, 6) is -0.358. The highest BCUT2D eigenvalue weighted by Gasteiger charge is 2.12. The van der Waals surface area contributed by atoms with Gasteiger partial charge in [0.05, 0.1) is 12.7 Å². The predicted octanol–water partition coefficient (Wildman–Crippen LogP) is 2.50. The first-order chi connectivity index (χ1) is 7.72. The van der Waals surface area contributed by atoms with Crippen LogP contribution >= 0.6 is 15.9 Å². The molecule has 0 amide bonds. The number of hydrogen-bond acceptors (Lipinski definition) is 3. The lowest BCUT2D eigenvalue weighted by atomic mass is 10.0. The molecule has 1 rings (SSSR count). The Labute approximate surface area is 103 Å². The molecule has 0 heterocycles. The van der Waals surface area contributed by atoms with Crippen molar-refractivity contribution in [1.29, 1.82) is 0 Å². The van der Waals surface area contributed by atoms with Gasteiger partial charge in [0.25, 0.3) is 0 Å². The van der Waals surface area contributed by atoms with Gasteiger partial charge in [0, 0.05) is 11.8 Å². The Bertz CT molecular complexity index is 388. The molecular weight excluding hydrogens is 272 g/mol. The molecule has 0 atom stereocenters. The van der Waals surface area contributed by atoms with E-state index in [9.17, 15) is 9.59 Å². The Morgan fingerprint density at radius 3 is 2.81 bits per heavy atom. The SMILES string of the molecule is COC(=O)c1cc(CBr)ccc1CCC=O. The van der Waals surface area contributed by atoms with Crippen LogP contribution in [0.4, 0.5) is 0 Å². The van der Waals surface area contributed by atoms with Crippen molar-refractivity contribution in [1.82, 2.24) is 0 Å². The third-order valence-electron chi connectivity index (χ3n) is 2.27. The quantitative estimate of drug-likeness (QED) is 0.474. The summed E-state index contributed by atoms with van der Waals surface area (Å²) in [7, 11) is 1.35. The molecule has 0 spiro atoms. The van der Waals surface area contributed by atoms with Gasteiger partial charge in [-0.2, -0.15) is 0 Å². The first-order valence-electron chi connectivity index (χ1n) is 4.92. The second kappa shape index (κ2) is 6.43. The fourth-order valence-electron chi connectivity index (χ4n) is 1.44. The maximum atomic E-state index is 11.5. The molecule has 0 N–H and O–H groups in total. The lowest BCUT2D eigenvalue weighted by Gasteiger charge is -2.08. The summed E-state index contributed by atoms with van der Waals surface area (Å²) in [6.07, 6.45) is 1.83. The molecule has 16 heavy (non-hydrogen) atoms. The maximum Gasteiger partial charge on any atom is 0.338 e. The van der Waals surface area contributed by atoms with Gasteiger partial charge in [0.15, 0.2) is 0 Å². The number of esters is 1. The van der Waals surface area contributed by atoms with Gasteiger partial charge in [0.2, 0.25) is 0 Å². The largest absolute Gasteiger partial charge is 0.465 e. The van der Waals surface area contributed by atoms with E-state index in [0.29, 0.717) is 23.7 Å². The Hall–Kier alpha value is -1.16. The maximum absolute atomic E-state index is 11.5. The number of aryl methyl sites for hydroxylation is 1. The van der Waals surface area contributed by atoms with E-state index in [-0.39, 0.29) is 5.97 Å². The molecule has 0 aliphatic carbocycles. The van der Waals surface area contributed by atoms with Crippen LogP contribution in [0.25, 0.3) is 0 Å². The average molecular weight is 285 g/mol. The first-order valence-corrected chi connectivity index (χ1v) is 6.04. The summed E-state index contributed by atoms with van der Waals surface area (Å²) < 4.78 is 4.71. The van der Waals surface area contributed by atoms with Crippen LogP contribution in [0, 0.1) is 0 Å². The van der Waals surface area contributed by atoms with Crippen molar-refractivity contribution in [3.8, 4) is 0 Å². The van der Waals surface area contributed by atoms with Crippen LogP contribution in [-0.4, -0.2) is 19.4 Å². The van der Waals surface area contributed by atoms with E-state index in [1.807, 2.05) is 12.1 Å². The minimum absolute atomic E-state index is 0.358. The lowest BCUT2D eigenvalue weighted by Crippen LogP contribution is -2.06. The highest BCUT2D eigenvalue weighted by Crippen LogP contribution is 2.16. The lowest BCUT2D eigenvalue weighted by molar-refractivity contribution is -0.107. The molecule has 0 bridgehead atoms. The molecule has 0 radical (unpaired) electrons. The first kappa shape index (κ1) is 12.9. The van der Waals surface area contributed by atoms with Gasteiger partial charge in [-0.05, 0) is 23.6 Å². The number of carbonyl (C=O) groups is 2. The highest BCUT2D eigenvalue weighted by molar-refractivity contribution is 9.08. The molecule has 0 saturated carbocycles. The number of hydrogen-bond donors (Lipinski definition) is 0. The van der Waals surface area contributed by atoms with E-state index in [1.54, 1.807) is 6.07 Å². The molecule has 1 aromatic rings. The molecule has 4 heteroatoms. The molecule has 3 nitrogen and oxygen atoms in total. The Balaban J connectivity index is 3.05. The van der Waals surface area contributed by atoms with Crippen molar-refractivity contribution in [2.45, 2.75) is 18.2 Å². The van der Waals surface area contributed by atoms with Gasteiger partial charge in [0.1, 0.15) is 6.29 Å². The zero-order chi connectivity index (χ0) is 12.0. The molecule has 1 aromatic carbocycles. The molecule has 0 aromatic heterocycles. The van der Waals surface area contributed by atoms with Gasteiger partial charge >= 0.3 is 5.97 Å². The van der Waals surface area contributed by atoms with Crippen LogP contribution in [0.1, 0.15) is 27.9 Å². The fraction of sp³-hybridized carbons (Fsp3) is 0.333. The minimum Gasteiger partial charge on any atom is -0.465 e. The molecule has 0 aliphatic heterocycles. The van der Waals surface area contributed by atoms with Crippen LogP contribution in [0.3, 0.4) is 0 Å². The van der Waals surface area contributed by atoms with E-state index in [2.05, 4.69) is 15.9 Å².